The van der Waals surface area contributed by atoms with Crippen LogP contribution in [0, 0.1) is 6.92 Å². The molecular weight excluding hydrogens is 367 g/mol. The Hall–Kier alpha value is -2.35. The van der Waals surface area contributed by atoms with Crippen molar-refractivity contribution in [2.75, 3.05) is 6.54 Å². The number of aryl methyl sites for hydroxylation is 1. The maximum absolute atomic E-state index is 12.7. The molecule has 0 unspecified atom stereocenters. The maximum atomic E-state index is 12.7. The van der Waals surface area contributed by atoms with Gasteiger partial charge in [-0.2, -0.15) is 13.2 Å². The average Bonchev–Trinajstić information content (AvgIpc) is 2.97. The van der Waals surface area contributed by atoms with E-state index >= 15 is 0 Å². The lowest BCUT2D eigenvalue weighted by molar-refractivity contribution is -0.137. The summed E-state index contributed by atoms with van der Waals surface area (Å²) in [6, 6.07) is 10.6. The Morgan fingerprint density at radius 1 is 1.00 bits per heavy atom. The molecule has 8 heteroatoms. The van der Waals surface area contributed by atoms with E-state index in [1.807, 2.05) is 6.92 Å². The summed E-state index contributed by atoms with van der Waals surface area (Å²) in [5.41, 5.74) is 0.613. The monoisotopic (exact) mass is 383 g/mol. The van der Waals surface area contributed by atoms with Gasteiger partial charge in [-0.25, -0.2) is 12.7 Å². The van der Waals surface area contributed by atoms with E-state index < -0.39 is 33.6 Å². The van der Waals surface area contributed by atoms with Crippen molar-refractivity contribution in [3.05, 3.63) is 65.2 Å². The Kier molecular flexibility index (Phi) is 4.56. The molecule has 0 radical (unpaired) electrons. The van der Waals surface area contributed by atoms with Crippen molar-refractivity contribution in [3.63, 3.8) is 0 Å². The molecule has 1 aliphatic rings. The first kappa shape index (κ1) is 18.4. The molecule has 1 atom stereocenters. The SMILES string of the molecule is Cc1ccc(S(=O)(=O)N2C[C@@H](c3ccc(C(F)(F)F)cc3)CC2=O)cc1. The van der Waals surface area contributed by atoms with Crippen LogP contribution < -0.4 is 0 Å². The molecule has 0 N–H and O–H groups in total. The Morgan fingerprint density at radius 3 is 2.12 bits per heavy atom. The number of rotatable bonds is 3. The molecule has 0 aliphatic carbocycles. The van der Waals surface area contributed by atoms with Crippen LogP contribution in [-0.4, -0.2) is 25.2 Å². The Balaban J connectivity index is 1.83. The van der Waals surface area contributed by atoms with Gasteiger partial charge in [0.1, 0.15) is 0 Å². The van der Waals surface area contributed by atoms with Crippen molar-refractivity contribution in [2.24, 2.45) is 0 Å². The number of carbonyl (C=O) groups excluding carboxylic acids is 1. The molecule has 1 amide bonds. The zero-order chi connectivity index (χ0) is 19.1. The minimum Gasteiger partial charge on any atom is -0.274 e. The first-order valence-electron chi connectivity index (χ1n) is 7.88. The van der Waals surface area contributed by atoms with Gasteiger partial charge in [-0.3, -0.25) is 4.79 Å². The van der Waals surface area contributed by atoms with Crippen molar-refractivity contribution in [2.45, 2.75) is 30.3 Å². The van der Waals surface area contributed by atoms with Gasteiger partial charge in [0.15, 0.2) is 0 Å². The number of amides is 1. The molecule has 0 bridgehead atoms. The van der Waals surface area contributed by atoms with Gasteiger partial charge in [-0.15, -0.1) is 0 Å². The molecule has 1 fully saturated rings. The van der Waals surface area contributed by atoms with Crippen LogP contribution in [0.15, 0.2) is 53.4 Å². The fourth-order valence-corrected chi connectivity index (χ4v) is 4.37. The third kappa shape index (κ3) is 3.46. The molecule has 3 rings (SSSR count). The van der Waals surface area contributed by atoms with Crippen LogP contribution in [0.2, 0.25) is 0 Å². The molecule has 138 valence electrons. The first-order chi connectivity index (χ1) is 12.1. The molecule has 26 heavy (non-hydrogen) atoms. The summed E-state index contributed by atoms with van der Waals surface area (Å²) >= 11 is 0. The third-order valence-corrected chi connectivity index (χ3v) is 6.20. The van der Waals surface area contributed by atoms with Crippen LogP contribution in [0.4, 0.5) is 13.2 Å². The molecule has 1 aliphatic heterocycles. The molecular formula is C18H16F3NO3S. The molecule has 1 saturated heterocycles. The average molecular weight is 383 g/mol. The van der Waals surface area contributed by atoms with Crippen LogP contribution in [0.5, 0.6) is 0 Å². The first-order valence-corrected chi connectivity index (χ1v) is 9.32. The number of hydrogen-bond donors (Lipinski definition) is 0. The van der Waals surface area contributed by atoms with E-state index in [0.717, 1.165) is 22.0 Å². The van der Waals surface area contributed by atoms with Gasteiger partial charge >= 0.3 is 6.18 Å². The van der Waals surface area contributed by atoms with Crippen LogP contribution >= 0.6 is 0 Å². The van der Waals surface area contributed by atoms with Gasteiger partial charge in [0.25, 0.3) is 10.0 Å². The van der Waals surface area contributed by atoms with E-state index in [-0.39, 0.29) is 17.9 Å². The number of alkyl halides is 3. The van der Waals surface area contributed by atoms with E-state index in [9.17, 15) is 26.4 Å². The summed E-state index contributed by atoms with van der Waals surface area (Å²) in [6.07, 6.45) is -4.50. The number of hydrogen-bond acceptors (Lipinski definition) is 3. The number of carbonyl (C=O) groups is 1. The highest BCUT2D eigenvalue weighted by Crippen LogP contribution is 2.34. The fourth-order valence-electron chi connectivity index (χ4n) is 2.92. The Bertz CT molecular complexity index is 920. The van der Waals surface area contributed by atoms with Crippen molar-refractivity contribution in [1.29, 1.82) is 0 Å². The van der Waals surface area contributed by atoms with Crippen molar-refractivity contribution in [1.82, 2.24) is 4.31 Å². The van der Waals surface area contributed by atoms with Crippen LogP contribution in [0.1, 0.15) is 29.0 Å². The van der Waals surface area contributed by atoms with E-state index in [0.29, 0.717) is 5.56 Å². The third-order valence-electron chi connectivity index (χ3n) is 4.40. The lowest BCUT2D eigenvalue weighted by atomic mass is 9.97. The standard InChI is InChI=1S/C18H16F3NO3S/c1-12-2-8-16(9-3-12)26(24,25)22-11-14(10-17(22)23)13-4-6-15(7-5-13)18(19,20)21/h2-9,14H,10-11H2,1H3/t14-/m0/s1. The van der Waals surface area contributed by atoms with Crippen molar-refractivity contribution < 1.29 is 26.4 Å². The number of sulfonamides is 1. The molecule has 0 spiro atoms. The second kappa shape index (κ2) is 6.42. The summed E-state index contributed by atoms with van der Waals surface area (Å²) in [4.78, 5) is 12.3. The normalized spacial score (nSPS) is 18.4. The van der Waals surface area contributed by atoms with E-state index in [4.69, 9.17) is 0 Å². The van der Waals surface area contributed by atoms with Crippen molar-refractivity contribution in [3.8, 4) is 0 Å². The largest absolute Gasteiger partial charge is 0.416 e. The molecule has 2 aromatic rings. The van der Waals surface area contributed by atoms with Crippen molar-refractivity contribution >= 4 is 15.9 Å². The van der Waals surface area contributed by atoms with E-state index in [2.05, 4.69) is 0 Å². The van der Waals surface area contributed by atoms with Gasteiger partial charge < -0.3 is 0 Å². The molecule has 0 aromatic heterocycles. The molecule has 1 heterocycles. The number of benzene rings is 2. The van der Waals surface area contributed by atoms with E-state index in [1.54, 1.807) is 12.1 Å². The Morgan fingerprint density at radius 2 is 1.58 bits per heavy atom. The summed E-state index contributed by atoms with van der Waals surface area (Å²) in [5.74, 6) is -1.03. The lowest BCUT2D eigenvalue weighted by Crippen LogP contribution is -2.32. The minimum atomic E-state index is -4.44. The second-order valence-corrected chi connectivity index (χ2v) is 8.13. The number of halogens is 3. The summed E-state index contributed by atoms with van der Waals surface area (Å²) < 4.78 is 64.1. The highest BCUT2D eigenvalue weighted by Gasteiger charge is 2.39. The topological polar surface area (TPSA) is 54.5 Å². The van der Waals surface area contributed by atoms with Gasteiger partial charge in [0, 0.05) is 18.9 Å². The second-order valence-electron chi connectivity index (χ2n) is 6.26. The summed E-state index contributed by atoms with van der Waals surface area (Å²) in [6.45, 7) is 1.73. The molecule has 0 saturated carbocycles. The summed E-state index contributed by atoms with van der Waals surface area (Å²) in [7, 11) is -3.97. The van der Waals surface area contributed by atoms with Gasteiger partial charge in [0.05, 0.1) is 10.5 Å². The summed E-state index contributed by atoms with van der Waals surface area (Å²) in [5, 5.41) is 0. The minimum absolute atomic E-state index is 0.0181. The zero-order valence-electron chi connectivity index (χ0n) is 13.8. The number of nitrogens with zero attached hydrogens (tertiary/aromatic N) is 1. The molecule has 2 aromatic carbocycles. The fraction of sp³-hybridized carbons (Fsp3) is 0.278. The highest BCUT2D eigenvalue weighted by molar-refractivity contribution is 7.89. The van der Waals surface area contributed by atoms with Gasteiger partial charge in [0.2, 0.25) is 5.91 Å². The van der Waals surface area contributed by atoms with Crippen LogP contribution in [0.3, 0.4) is 0 Å². The van der Waals surface area contributed by atoms with Gasteiger partial charge in [-0.05, 0) is 36.8 Å². The quantitative estimate of drug-likeness (QED) is 0.812. The van der Waals surface area contributed by atoms with Gasteiger partial charge in [-0.1, -0.05) is 29.8 Å². The smallest absolute Gasteiger partial charge is 0.274 e. The van der Waals surface area contributed by atoms with Crippen LogP contribution in [0.25, 0.3) is 0 Å². The lowest BCUT2D eigenvalue weighted by Gasteiger charge is -2.17. The zero-order valence-corrected chi connectivity index (χ0v) is 14.6. The van der Waals surface area contributed by atoms with E-state index in [1.165, 1.54) is 24.3 Å². The Labute approximate surface area is 149 Å². The molecule has 4 nitrogen and oxygen atoms in total. The highest BCUT2D eigenvalue weighted by atomic mass is 32.2. The maximum Gasteiger partial charge on any atom is 0.416 e. The van der Waals surface area contributed by atoms with Crippen LogP contribution in [-0.2, 0) is 21.0 Å². The predicted molar refractivity (Wildman–Crippen MR) is 88.9 cm³/mol. The predicted octanol–water partition coefficient (Wildman–Crippen LogP) is 3.72.